The molecule has 0 spiro atoms. The Kier molecular flexibility index (Phi) is 7.52. The number of hydrogen-bond acceptors (Lipinski definition) is 4. The summed E-state index contributed by atoms with van der Waals surface area (Å²) in [5.74, 6) is 0. The van der Waals surface area contributed by atoms with Crippen LogP contribution in [-0.2, 0) is 0 Å². The zero-order chi connectivity index (χ0) is 35.6. The van der Waals surface area contributed by atoms with Crippen LogP contribution in [-0.4, -0.2) is 4.57 Å². The Morgan fingerprint density at radius 2 is 0.944 bits per heavy atom. The number of nitrogens with one attached hydrogen (secondary N) is 3. The lowest BCUT2D eigenvalue weighted by molar-refractivity contribution is 0.203. The van der Waals surface area contributed by atoms with Gasteiger partial charge in [-0.2, -0.15) is 0 Å². The summed E-state index contributed by atoms with van der Waals surface area (Å²) >= 11 is 1.88. The first kappa shape index (κ1) is 31.6. The minimum absolute atomic E-state index is 0.0184. The first-order valence-corrected chi connectivity index (χ1v) is 19.4. The van der Waals surface area contributed by atoms with Gasteiger partial charge in [0.1, 0.15) is 0 Å². The summed E-state index contributed by atoms with van der Waals surface area (Å²) in [6.45, 7) is 0. The molecule has 1 saturated heterocycles. The molecule has 1 fully saturated rings. The van der Waals surface area contributed by atoms with Crippen LogP contribution in [0.5, 0.6) is 0 Å². The second-order valence-corrected chi connectivity index (χ2v) is 15.3. The zero-order valence-corrected chi connectivity index (χ0v) is 30.2. The van der Waals surface area contributed by atoms with E-state index in [-0.39, 0.29) is 18.5 Å². The van der Waals surface area contributed by atoms with Crippen LogP contribution in [0.25, 0.3) is 60.5 Å². The monoisotopic (exact) mass is 712 g/mol. The van der Waals surface area contributed by atoms with Crippen molar-refractivity contribution in [2.45, 2.75) is 28.3 Å². The second-order valence-electron chi connectivity index (χ2n) is 14.2. The van der Waals surface area contributed by atoms with E-state index in [1.165, 1.54) is 81.3 Å². The van der Waals surface area contributed by atoms with Crippen molar-refractivity contribution in [3.8, 4) is 27.9 Å². The number of rotatable bonds is 4. The molecule has 2 unspecified atom stereocenters. The van der Waals surface area contributed by atoms with Gasteiger partial charge >= 0.3 is 0 Å². The van der Waals surface area contributed by atoms with Crippen molar-refractivity contribution in [1.29, 1.82) is 0 Å². The summed E-state index contributed by atoms with van der Waals surface area (Å²) in [5.41, 5.74) is 12.3. The molecule has 1 aromatic heterocycles. The minimum Gasteiger partial charge on any atom is -0.309 e. The summed E-state index contributed by atoms with van der Waals surface area (Å²) in [4.78, 5) is 2.57. The van der Waals surface area contributed by atoms with Gasteiger partial charge < -0.3 is 4.57 Å². The van der Waals surface area contributed by atoms with Crippen LogP contribution < -0.4 is 16.0 Å². The molecule has 3 heterocycles. The van der Waals surface area contributed by atoms with Gasteiger partial charge in [0.15, 0.2) is 0 Å². The summed E-state index contributed by atoms with van der Waals surface area (Å²) < 4.78 is 2.47. The van der Waals surface area contributed by atoms with E-state index in [9.17, 15) is 0 Å². The van der Waals surface area contributed by atoms with Crippen molar-refractivity contribution in [2.75, 3.05) is 0 Å². The Balaban J connectivity index is 1.07. The molecule has 9 aromatic rings. The Labute approximate surface area is 318 Å². The molecule has 2 aliphatic heterocycles. The van der Waals surface area contributed by atoms with Crippen molar-refractivity contribution in [3.63, 3.8) is 0 Å². The predicted molar refractivity (Wildman–Crippen MR) is 224 cm³/mol. The molecular formula is C49H36N4S. The zero-order valence-electron chi connectivity index (χ0n) is 29.4. The molecule has 11 rings (SSSR count). The van der Waals surface area contributed by atoms with E-state index in [0.717, 1.165) is 5.69 Å². The van der Waals surface area contributed by atoms with E-state index >= 15 is 0 Å². The number of aromatic nitrogens is 1. The summed E-state index contributed by atoms with van der Waals surface area (Å²) in [6, 6.07) is 66.3. The summed E-state index contributed by atoms with van der Waals surface area (Å²) in [7, 11) is 0. The van der Waals surface area contributed by atoms with E-state index < -0.39 is 0 Å². The van der Waals surface area contributed by atoms with Crippen molar-refractivity contribution in [1.82, 2.24) is 20.5 Å². The summed E-state index contributed by atoms with van der Waals surface area (Å²) in [5, 5.41) is 16.6. The third kappa shape index (κ3) is 5.20. The Morgan fingerprint density at radius 1 is 0.389 bits per heavy atom. The maximum atomic E-state index is 3.85. The van der Waals surface area contributed by atoms with Gasteiger partial charge in [-0.25, -0.2) is 0 Å². The SMILES string of the molecule is c1ccc(C2NC(c3ccccc3)NC(c3ccc(-n4c5cc6c(cc5c5c7ccccc7ccc54)Sc4ccccc4-c4ccccc4-6)cc3)N2)cc1. The topological polar surface area (TPSA) is 41.0 Å². The van der Waals surface area contributed by atoms with Crippen LogP contribution in [0.15, 0.2) is 192 Å². The Bertz CT molecular complexity index is 2800. The van der Waals surface area contributed by atoms with E-state index in [1.807, 2.05) is 11.8 Å². The van der Waals surface area contributed by atoms with Crippen LogP contribution >= 0.6 is 11.8 Å². The van der Waals surface area contributed by atoms with Crippen LogP contribution in [0.4, 0.5) is 0 Å². The molecule has 258 valence electrons. The van der Waals surface area contributed by atoms with E-state index in [4.69, 9.17) is 0 Å². The molecule has 0 radical (unpaired) electrons. The number of nitrogens with zero attached hydrogens (tertiary/aromatic N) is 1. The Morgan fingerprint density at radius 3 is 1.63 bits per heavy atom. The largest absolute Gasteiger partial charge is 0.309 e. The second kappa shape index (κ2) is 12.9. The number of benzene rings is 8. The molecule has 3 N–H and O–H groups in total. The van der Waals surface area contributed by atoms with Crippen LogP contribution in [0.3, 0.4) is 0 Å². The molecule has 0 saturated carbocycles. The fourth-order valence-electron chi connectivity index (χ4n) is 8.56. The van der Waals surface area contributed by atoms with Crippen LogP contribution in [0.1, 0.15) is 35.2 Å². The maximum absolute atomic E-state index is 3.85. The smallest absolute Gasteiger partial charge is 0.0864 e. The van der Waals surface area contributed by atoms with Crippen LogP contribution in [0.2, 0.25) is 0 Å². The average Bonchev–Trinajstić information content (AvgIpc) is 3.50. The molecular weight excluding hydrogens is 677 g/mol. The van der Waals surface area contributed by atoms with E-state index in [0.29, 0.717) is 0 Å². The highest BCUT2D eigenvalue weighted by Gasteiger charge is 2.30. The minimum atomic E-state index is -0.0660. The van der Waals surface area contributed by atoms with Crippen molar-refractivity contribution in [3.05, 3.63) is 199 Å². The fraction of sp³-hybridized carbons (Fsp3) is 0.0612. The fourth-order valence-corrected chi connectivity index (χ4v) is 9.69. The van der Waals surface area contributed by atoms with Crippen LogP contribution in [0, 0.1) is 0 Å². The van der Waals surface area contributed by atoms with Gasteiger partial charge in [0.05, 0.1) is 29.5 Å². The van der Waals surface area contributed by atoms with Gasteiger partial charge in [0, 0.05) is 26.3 Å². The molecule has 2 atom stereocenters. The van der Waals surface area contributed by atoms with Gasteiger partial charge in [-0.15, -0.1) is 0 Å². The van der Waals surface area contributed by atoms with Gasteiger partial charge in [0.25, 0.3) is 0 Å². The normalized spacial score (nSPS) is 17.9. The highest BCUT2D eigenvalue weighted by atomic mass is 32.2. The van der Waals surface area contributed by atoms with Gasteiger partial charge in [0.2, 0.25) is 0 Å². The lowest BCUT2D eigenvalue weighted by Gasteiger charge is -2.39. The molecule has 54 heavy (non-hydrogen) atoms. The summed E-state index contributed by atoms with van der Waals surface area (Å²) in [6.07, 6.45) is -0.103. The van der Waals surface area contributed by atoms with Crippen molar-refractivity contribution < 1.29 is 0 Å². The molecule has 0 bridgehead atoms. The van der Waals surface area contributed by atoms with Gasteiger partial charge in [-0.3, -0.25) is 16.0 Å². The highest BCUT2D eigenvalue weighted by molar-refractivity contribution is 7.99. The maximum Gasteiger partial charge on any atom is 0.0864 e. The van der Waals surface area contributed by atoms with Gasteiger partial charge in [-0.1, -0.05) is 157 Å². The first-order chi connectivity index (χ1) is 26.8. The number of fused-ring (bicyclic) bond motifs is 10. The van der Waals surface area contributed by atoms with E-state index in [1.54, 1.807) is 0 Å². The molecule has 2 aliphatic rings. The highest BCUT2D eigenvalue weighted by Crippen LogP contribution is 2.50. The quantitative estimate of drug-likeness (QED) is 0.170. The predicted octanol–water partition coefficient (Wildman–Crippen LogP) is 11.9. The molecule has 8 aromatic carbocycles. The lowest BCUT2D eigenvalue weighted by Crippen LogP contribution is -2.54. The lowest BCUT2D eigenvalue weighted by atomic mass is 9.94. The number of hydrogen-bond donors (Lipinski definition) is 3. The molecule has 0 aliphatic carbocycles. The third-order valence-corrected chi connectivity index (χ3v) is 12.3. The third-order valence-electron chi connectivity index (χ3n) is 11.1. The molecule has 4 nitrogen and oxygen atoms in total. The van der Waals surface area contributed by atoms with Gasteiger partial charge in [-0.05, 0) is 86.1 Å². The Hall–Kier alpha value is -5.95. The molecule has 0 amide bonds. The standard InChI is InChI=1S/C49H36N4S/c1-3-14-32(15-4-1)47-50-48(33-16-5-2-6-17-33)52-49(51-47)34-23-26-35(27-24-34)53-42-28-25-31-13-7-8-18-36(31)46(42)41-30-45-40(29-43(41)53)38-20-10-9-19-37(38)39-21-11-12-22-44(39)54-45/h1-30,47-52H. The van der Waals surface area contributed by atoms with Crippen molar-refractivity contribution in [2.24, 2.45) is 0 Å². The molecule has 5 heteroatoms. The average molecular weight is 713 g/mol. The van der Waals surface area contributed by atoms with Crippen molar-refractivity contribution >= 4 is 44.3 Å². The first-order valence-electron chi connectivity index (χ1n) is 18.6. The van der Waals surface area contributed by atoms with E-state index in [2.05, 4.69) is 203 Å².